The van der Waals surface area contributed by atoms with Crippen molar-refractivity contribution in [1.29, 1.82) is 0 Å². The highest BCUT2D eigenvalue weighted by Gasteiger charge is 2.16. The zero-order chi connectivity index (χ0) is 11.7. The molecule has 0 radical (unpaired) electrons. The molecule has 2 aromatic heterocycles. The van der Waals surface area contributed by atoms with E-state index in [0.717, 1.165) is 4.68 Å². The van der Waals surface area contributed by atoms with Gasteiger partial charge in [-0.1, -0.05) is 23.2 Å². The first-order valence-electron chi connectivity index (χ1n) is 4.24. The maximum absolute atomic E-state index is 12.6. The highest BCUT2D eigenvalue weighted by atomic mass is 35.5. The zero-order valence-corrected chi connectivity index (χ0v) is 9.25. The van der Waals surface area contributed by atoms with E-state index in [0.29, 0.717) is 0 Å². The van der Waals surface area contributed by atoms with Gasteiger partial charge >= 0.3 is 0 Å². The van der Waals surface area contributed by atoms with Crippen LogP contribution in [0, 0.1) is 0 Å². The van der Waals surface area contributed by atoms with Gasteiger partial charge < -0.3 is 0 Å². The highest BCUT2D eigenvalue weighted by Crippen LogP contribution is 2.25. The Morgan fingerprint density at radius 2 is 1.94 bits per heavy atom. The quantitative estimate of drug-likeness (QED) is 0.777. The Morgan fingerprint density at radius 1 is 1.19 bits per heavy atom. The Labute approximate surface area is 99.6 Å². The number of rotatable bonds is 2. The van der Waals surface area contributed by atoms with Crippen molar-refractivity contribution in [3.8, 4) is 5.69 Å². The van der Waals surface area contributed by atoms with E-state index in [1.807, 2.05) is 0 Å². The number of aromatic nitrogens is 3. The molecule has 0 bridgehead atoms. The molecule has 2 heterocycles. The maximum Gasteiger partial charge on any atom is 0.280 e. The number of nitrogens with zero attached hydrogens (tertiary/aromatic N) is 3. The molecule has 0 aliphatic carbocycles. The third-order valence-corrected chi connectivity index (χ3v) is 2.41. The van der Waals surface area contributed by atoms with Crippen LogP contribution in [0.1, 0.15) is 12.1 Å². The monoisotopic (exact) mass is 263 g/mol. The van der Waals surface area contributed by atoms with Crippen LogP contribution >= 0.6 is 23.2 Å². The van der Waals surface area contributed by atoms with Crippen LogP contribution in [0.25, 0.3) is 5.69 Å². The largest absolute Gasteiger partial charge is 0.280 e. The minimum Gasteiger partial charge on any atom is -0.229 e. The summed E-state index contributed by atoms with van der Waals surface area (Å²) in [6.07, 6.45) is -1.36. The molecule has 16 heavy (non-hydrogen) atoms. The second kappa shape index (κ2) is 4.35. The number of hydrogen-bond acceptors (Lipinski definition) is 2. The van der Waals surface area contributed by atoms with Crippen molar-refractivity contribution in [3.63, 3.8) is 0 Å². The number of halogens is 4. The van der Waals surface area contributed by atoms with E-state index < -0.39 is 6.43 Å². The summed E-state index contributed by atoms with van der Waals surface area (Å²) in [5, 5.41) is 3.99. The van der Waals surface area contributed by atoms with E-state index in [2.05, 4.69) is 10.1 Å². The van der Waals surface area contributed by atoms with E-state index >= 15 is 0 Å². The minimum absolute atomic E-state index is 0.0260. The van der Waals surface area contributed by atoms with Crippen LogP contribution in [0.5, 0.6) is 0 Å². The van der Waals surface area contributed by atoms with Gasteiger partial charge in [0.2, 0.25) is 0 Å². The molecule has 0 saturated heterocycles. The molecule has 0 spiro atoms. The third kappa shape index (κ3) is 2.01. The SMILES string of the molecule is FC(F)c1ccnn1-c1ccc(Cl)nc1Cl. The van der Waals surface area contributed by atoms with E-state index in [1.165, 1.54) is 24.4 Å². The Bertz CT molecular complexity index is 513. The molecule has 0 amide bonds. The van der Waals surface area contributed by atoms with E-state index in [-0.39, 0.29) is 21.7 Å². The molecule has 2 aromatic rings. The van der Waals surface area contributed by atoms with Crippen molar-refractivity contribution in [2.45, 2.75) is 6.43 Å². The van der Waals surface area contributed by atoms with Gasteiger partial charge in [0, 0.05) is 6.20 Å². The Kier molecular flexibility index (Phi) is 3.07. The van der Waals surface area contributed by atoms with E-state index in [4.69, 9.17) is 23.2 Å². The van der Waals surface area contributed by atoms with Gasteiger partial charge in [-0.25, -0.2) is 18.4 Å². The van der Waals surface area contributed by atoms with E-state index in [1.54, 1.807) is 0 Å². The van der Waals surface area contributed by atoms with Gasteiger partial charge in [-0.3, -0.25) is 0 Å². The lowest BCUT2D eigenvalue weighted by atomic mass is 10.4. The van der Waals surface area contributed by atoms with Gasteiger partial charge in [-0.2, -0.15) is 5.10 Å². The average Bonchev–Trinajstić information content (AvgIpc) is 2.66. The molecule has 7 heteroatoms. The third-order valence-electron chi connectivity index (χ3n) is 1.92. The maximum atomic E-state index is 12.6. The Hall–Kier alpha value is -1.20. The molecule has 0 aromatic carbocycles. The summed E-state index contributed by atoms with van der Waals surface area (Å²) < 4.78 is 26.3. The molecule has 0 aliphatic heterocycles. The number of pyridine rings is 1. The smallest absolute Gasteiger partial charge is 0.229 e. The normalized spacial score (nSPS) is 11.1. The molecule has 0 unspecified atom stereocenters. The van der Waals surface area contributed by atoms with Crippen LogP contribution < -0.4 is 0 Å². The molecular weight excluding hydrogens is 259 g/mol. The Balaban J connectivity index is 2.54. The summed E-state index contributed by atoms with van der Waals surface area (Å²) in [6.45, 7) is 0. The number of alkyl halides is 2. The van der Waals surface area contributed by atoms with Crippen molar-refractivity contribution in [3.05, 3.63) is 40.4 Å². The van der Waals surface area contributed by atoms with Crippen molar-refractivity contribution >= 4 is 23.2 Å². The first kappa shape index (κ1) is 11.3. The van der Waals surface area contributed by atoms with Crippen LogP contribution in [-0.2, 0) is 0 Å². The fourth-order valence-electron chi connectivity index (χ4n) is 1.24. The zero-order valence-electron chi connectivity index (χ0n) is 7.74. The van der Waals surface area contributed by atoms with Gasteiger partial charge in [0.15, 0.2) is 5.15 Å². The second-order valence-corrected chi connectivity index (χ2v) is 3.66. The van der Waals surface area contributed by atoms with Gasteiger partial charge in [-0.15, -0.1) is 0 Å². The fraction of sp³-hybridized carbons (Fsp3) is 0.111. The molecule has 3 nitrogen and oxygen atoms in total. The molecule has 0 atom stereocenters. The van der Waals surface area contributed by atoms with Crippen LogP contribution in [0.15, 0.2) is 24.4 Å². The lowest BCUT2D eigenvalue weighted by Gasteiger charge is -2.07. The second-order valence-electron chi connectivity index (χ2n) is 2.91. The fourth-order valence-corrected chi connectivity index (χ4v) is 1.67. The van der Waals surface area contributed by atoms with Gasteiger partial charge in [0.25, 0.3) is 6.43 Å². The predicted molar refractivity (Wildman–Crippen MR) is 56.3 cm³/mol. The van der Waals surface area contributed by atoms with Crippen LogP contribution in [0.2, 0.25) is 10.3 Å². The van der Waals surface area contributed by atoms with E-state index in [9.17, 15) is 8.78 Å². The average molecular weight is 264 g/mol. The van der Waals surface area contributed by atoms with Crippen LogP contribution in [-0.4, -0.2) is 14.8 Å². The lowest BCUT2D eigenvalue weighted by molar-refractivity contribution is 0.143. The van der Waals surface area contributed by atoms with Crippen molar-refractivity contribution in [2.75, 3.05) is 0 Å². The Morgan fingerprint density at radius 3 is 2.56 bits per heavy atom. The van der Waals surface area contributed by atoms with Gasteiger partial charge in [0.05, 0.1) is 0 Å². The molecule has 2 rings (SSSR count). The van der Waals surface area contributed by atoms with Crippen molar-refractivity contribution in [2.24, 2.45) is 0 Å². The molecule has 0 saturated carbocycles. The number of hydrogen-bond donors (Lipinski definition) is 0. The molecular formula is C9H5Cl2F2N3. The molecule has 84 valence electrons. The van der Waals surface area contributed by atoms with Gasteiger partial charge in [0.1, 0.15) is 16.5 Å². The van der Waals surface area contributed by atoms with Crippen LogP contribution in [0.3, 0.4) is 0 Å². The standard InChI is InChI=1S/C9H5Cl2F2N3/c10-7-2-1-5(8(11)15-7)16-6(9(12)13)3-4-14-16/h1-4,9H. The molecule has 0 aliphatic rings. The molecule has 0 N–H and O–H groups in total. The summed E-state index contributed by atoms with van der Waals surface area (Å²) in [7, 11) is 0. The topological polar surface area (TPSA) is 30.7 Å². The van der Waals surface area contributed by atoms with Crippen molar-refractivity contribution in [1.82, 2.24) is 14.8 Å². The predicted octanol–water partition coefficient (Wildman–Crippen LogP) is 3.51. The summed E-state index contributed by atoms with van der Waals surface area (Å²) in [5.41, 5.74) is 0.0254. The minimum atomic E-state index is -2.63. The summed E-state index contributed by atoms with van der Waals surface area (Å²) in [4.78, 5) is 3.76. The van der Waals surface area contributed by atoms with Crippen LogP contribution in [0.4, 0.5) is 8.78 Å². The summed E-state index contributed by atoms with van der Waals surface area (Å²) >= 11 is 11.4. The van der Waals surface area contributed by atoms with Crippen molar-refractivity contribution < 1.29 is 8.78 Å². The first-order valence-corrected chi connectivity index (χ1v) is 4.99. The van der Waals surface area contributed by atoms with Gasteiger partial charge in [-0.05, 0) is 18.2 Å². The lowest BCUT2D eigenvalue weighted by Crippen LogP contribution is -2.03. The first-order chi connectivity index (χ1) is 7.59. The molecule has 0 fully saturated rings. The highest BCUT2D eigenvalue weighted by molar-refractivity contribution is 6.33. The summed E-state index contributed by atoms with van der Waals surface area (Å²) in [5.74, 6) is 0. The summed E-state index contributed by atoms with van der Waals surface area (Å²) in [6, 6.07) is 4.16.